The van der Waals surface area contributed by atoms with Gasteiger partial charge in [-0.3, -0.25) is 0 Å². The van der Waals surface area contributed by atoms with Crippen molar-refractivity contribution in [3.05, 3.63) is 41.7 Å². The topological polar surface area (TPSA) is 35.5 Å². The molecule has 0 bridgehead atoms. The van der Waals surface area contributed by atoms with E-state index in [2.05, 4.69) is 0 Å². The molecule has 1 aromatic carbocycles. The molecule has 0 radical (unpaired) electrons. The Labute approximate surface area is 116 Å². The summed E-state index contributed by atoms with van der Waals surface area (Å²) in [4.78, 5) is 12.0. The third-order valence-electron chi connectivity index (χ3n) is 3.35. The van der Waals surface area contributed by atoms with Crippen LogP contribution in [-0.2, 0) is 14.3 Å². The molecule has 1 atom stereocenters. The van der Waals surface area contributed by atoms with Crippen molar-refractivity contribution < 1.29 is 23.0 Å². The molecule has 0 fully saturated rings. The second-order valence-electron chi connectivity index (χ2n) is 4.66. The van der Waals surface area contributed by atoms with Crippen molar-refractivity contribution in [2.75, 3.05) is 6.61 Å². The maximum Gasteiger partial charge on any atom is 0.350 e. The number of esters is 1. The van der Waals surface area contributed by atoms with Crippen LogP contribution in [0.3, 0.4) is 0 Å². The molecular formula is C15H16F2O3. The first-order chi connectivity index (χ1) is 9.50. The second kappa shape index (κ2) is 5.61. The van der Waals surface area contributed by atoms with Gasteiger partial charge < -0.3 is 9.47 Å². The lowest BCUT2D eigenvalue weighted by Gasteiger charge is -2.24. The monoisotopic (exact) mass is 282 g/mol. The maximum atomic E-state index is 13.2. The predicted octanol–water partition coefficient (Wildman–Crippen LogP) is 3.44. The van der Waals surface area contributed by atoms with E-state index in [0.29, 0.717) is 17.6 Å². The van der Waals surface area contributed by atoms with E-state index in [1.54, 1.807) is 13.8 Å². The van der Waals surface area contributed by atoms with Gasteiger partial charge in [0.1, 0.15) is 11.6 Å². The average molecular weight is 282 g/mol. The van der Waals surface area contributed by atoms with Crippen LogP contribution in [0.5, 0.6) is 0 Å². The van der Waals surface area contributed by atoms with Crippen molar-refractivity contribution in [1.82, 2.24) is 0 Å². The molecule has 2 rings (SSSR count). The van der Waals surface area contributed by atoms with E-state index in [-0.39, 0.29) is 13.0 Å². The van der Waals surface area contributed by atoms with Crippen LogP contribution in [0, 0.1) is 11.6 Å². The van der Waals surface area contributed by atoms with Crippen LogP contribution in [-0.4, -0.2) is 18.2 Å². The van der Waals surface area contributed by atoms with Gasteiger partial charge in [0.05, 0.1) is 12.9 Å². The molecule has 0 aromatic heterocycles. The van der Waals surface area contributed by atoms with Gasteiger partial charge in [-0.15, -0.1) is 0 Å². The number of carbonyl (C=O) groups excluding carboxylic acids is 1. The summed E-state index contributed by atoms with van der Waals surface area (Å²) in [5.41, 5.74) is -0.130. The van der Waals surface area contributed by atoms with Crippen LogP contribution in [0.1, 0.15) is 32.3 Å². The Morgan fingerprint density at radius 3 is 2.50 bits per heavy atom. The van der Waals surface area contributed by atoms with Gasteiger partial charge in [0.25, 0.3) is 0 Å². The fraction of sp³-hybridized carbons (Fsp3) is 0.400. The Balaban J connectivity index is 2.23. The van der Waals surface area contributed by atoms with Crippen molar-refractivity contribution in [2.45, 2.75) is 32.3 Å². The zero-order valence-corrected chi connectivity index (χ0v) is 11.4. The quantitative estimate of drug-likeness (QED) is 0.794. The second-order valence-corrected chi connectivity index (χ2v) is 4.66. The molecule has 0 spiro atoms. The average Bonchev–Trinajstić information content (AvgIpc) is 2.83. The highest BCUT2D eigenvalue weighted by Crippen LogP contribution is 2.38. The summed E-state index contributed by atoms with van der Waals surface area (Å²) in [5.74, 6) is -1.78. The molecule has 1 heterocycles. The van der Waals surface area contributed by atoms with Crippen molar-refractivity contribution in [2.24, 2.45) is 0 Å². The number of carbonyl (C=O) groups is 1. The van der Waals surface area contributed by atoms with Gasteiger partial charge >= 0.3 is 5.97 Å². The highest BCUT2D eigenvalue weighted by molar-refractivity contribution is 5.85. The van der Waals surface area contributed by atoms with Crippen molar-refractivity contribution in [3.63, 3.8) is 0 Å². The van der Waals surface area contributed by atoms with Crippen molar-refractivity contribution in [1.29, 1.82) is 0 Å². The summed E-state index contributed by atoms with van der Waals surface area (Å²) in [6.07, 6.45) is 2.05. The van der Waals surface area contributed by atoms with Crippen LogP contribution in [0.25, 0.3) is 5.57 Å². The predicted molar refractivity (Wildman–Crippen MR) is 69.7 cm³/mol. The molecule has 1 aliphatic heterocycles. The van der Waals surface area contributed by atoms with Gasteiger partial charge in [-0.25, -0.2) is 13.6 Å². The summed E-state index contributed by atoms with van der Waals surface area (Å²) in [7, 11) is 0. The number of rotatable bonds is 4. The minimum absolute atomic E-state index is 0.241. The number of hydrogen-bond donors (Lipinski definition) is 0. The Morgan fingerprint density at radius 1 is 1.30 bits per heavy atom. The molecule has 1 unspecified atom stereocenters. The molecule has 20 heavy (non-hydrogen) atoms. The van der Waals surface area contributed by atoms with E-state index in [0.717, 1.165) is 6.07 Å². The highest BCUT2D eigenvalue weighted by Gasteiger charge is 2.44. The summed E-state index contributed by atoms with van der Waals surface area (Å²) in [5, 5.41) is 0. The van der Waals surface area contributed by atoms with E-state index in [4.69, 9.17) is 9.47 Å². The lowest BCUT2D eigenvalue weighted by molar-refractivity contribution is -0.164. The Hall–Kier alpha value is -1.91. The molecule has 0 aliphatic carbocycles. The molecule has 108 valence electrons. The van der Waals surface area contributed by atoms with Gasteiger partial charge in [-0.2, -0.15) is 0 Å². The third-order valence-corrected chi connectivity index (χ3v) is 3.35. The molecule has 5 heteroatoms. The molecule has 1 aliphatic rings. The fourth-order valence-corrected chi connectivity index (χ4v) is 2.22. The van der Waals surface area contributed by atoms with E-state index < -0.39 is 23.2 Å². The summed E-state index contributed by atoms with van der Waals surface area (Å²) in [6, 6.07) is 3.24. The molecule has 0 saturated heterocycles. The normalized spacial score (nSPS) is 21.3. The Morgan fingerprint density at radius 2 is 1.95 bits per heavy atom. The number of ether oxygens (including phenoxy) is 2. The minimum atomic E-state index is -1.09. The summed E-state index contributed by atoms with van der Waals surface area (Å²) >= 11 is 0. The highest BCUT2D eigenvalue weighted by atomic mass is 19.1. The first kappa shape index (κ1) is 14.5. The molecule has 1 aromatic rings. The van der Waals surface area contributed by atoms with Crippen molar-refractivity contribution >= 4 is 11.5 Å². The van der Waals surface area contributed by atoms with E-state index >= 15 is 0 Å². The van der Waals surface area contributed by atoms with E-state index in [1.807, 2.05) is 0 Å². The van der Waals surface area contributed by atoms with Gasteiger partial charge in [-0.1, -0.05) is 6.92 Å². The summed E-state index contributed by atoms with van der Waals surface area (Å²) in [6.45, 7) is 3.78. The Kier molecular flexibility index (Phi) is 4.06. The van der Waals surface area contributed by atoms with Gasteiger partial charge in [0, 0.05) is 12.5 Å². The molecular weight excluding hydrogens is 266 g/mol. The molecule has 0 N–H and O–H groups in total. The number of hydrogen-bond acceptors (Lipinski definition) is 3. The number of benzene rings is 1. The van der Waals surface area contributed by atoms with Crippen LogP contribution >= 0.6 is 0 Å². The lowest BCUT2D eigenvalue weighted by atomic mass is 9.91. The minimum Gasteiger partial charge on any atom is -0.483 e. The van der Waals surface area contributed by atoms with Gasteiger partial charge in [0.2, 0.25) is 5.60 Å². The van der Waals surface area contributed by atoms with Gasteiger partial charge in [0.15, 0.2) is 0 Å². The smallest absolute Gasteiger partial charge is 0.350 e. The lowest BCUT2D eigenvalue weighted by Crippen LogP contribution is -2.39. The van der Waals surface area contributed by atoms with Crippen LogP contribution in [0.2, 0.25) is 0 Å². The van der Waals surface area contributed by atoms with Crippen LogP contribution in [0.4, 0.5) is 8.78 Å². The summed E-state index contributed by atoms with van der Waals surface area (Å²) < 4.78 is 36.9. The maximum absolute atomic E-state index is 13.2. The number of halogens is 2. The molecule has 0 saturated carbocycles. The van der Waals surface area contributed by atoms with Crippen LogP contribution in [0.15, 0.2) is 24.5 Å². The third kappa shape index (κ3) is 2.66. The zero-order valence-electron chi connectivity index (χ0n) is 11.4. The van der Waals surface area contributed by atoms with E-state index in [9.17, 15) is 13.6 Å². The SMILES string of the molecule is CCOC(=O)C1(CC)CC(c2cc(F)cc(F)c2)=CO1. The van der Waals surface area contributed by atoms with Crippen molar-refractivity contribution in [3.8, 4) is 0 Å². The van der Waals surface area contributed by atoms with E-state index in [1.165, 1.54) is 18.4 Å². The Bertz CT molecular complexity index is 534. The van der Waals surface area contributed by atoms with Crippen LogP contribution < -0.4 is 0 Å². The van der Waals surface area contributed by atoms with Gasteiger partial charge in [-0.05, 0) is 36.6 Å². The zero-order chi connectivity index (χ0) is 14.8. The largest absolute Gasteiger partial charge is 0.483 e. The first-order valence-electron chi connectivity index (χ1n) is 6.51. The first-order valence-corrected chi connectivity index (χ1v) is 6.51. The molecule has 3 nitrogen and oxygen atoms in total. The molecule has 0 amide bonds. The fourth-order valence-electron chi connectivity index (χ4n) is 2.22. The standard InChI is InChI=1S/C15H16F2O3/c1-3-15(14(18)19-4-2)8-11(9-20-15)10-5-12(16)7-13(17)6-10/h5-7,9H,3-4,8H2,1-2H3.